The summed E-state index contributed by atoms with van der Waals surface area (Å²) in [4.78, 5) is 5.31. The third kappa shape index (κ3) is 9.14. The standard InChI is InChI=1S/C22H36N2O3/c1-2-3-4-5-6-12-18-26-21-14-9-8-13-20(21)23-22(25)27-19-17-24-15-10-7-11-16-24/h8-9,13-14H,2-7,10-12,15-19H2,1H3,(H,23,25)/p+1. The van der Waals surface area contributed by atoms with Crippen molar-refractivity contribution in [2.75, 3.05) is 32.8 Å². The van der Waals surface area contributed by atoms with Crippen LogP contribution in [0.2, 0.25) is 0 Å². The van der Waals surface area contributed by atoms with E-state index in [-0.39, 0.29) is 6.08 Å². The molecule has 2 N–H and O–H groups in total. The third-order valence-corrected chi connectivity index (χ3v) is 4.98. The van der Waals surface area contributed by atoms with Gasteiger partial charge in [0, 0.05) is 12.6 Å². The normalized spacial score (nSPS) is 15.7. The maximum atomic E-state index is 10.1. The molecule has 5 nitrogen and oxygen atoms in total. The molecular weight excluding hydrogens is 340 g/mol. The average Bonchev–Trinajstić information content (AvgIpc) is 2.69. The molecule has 1 heterocycles. The SMILES string of the molecule is CCCCCCCCOc1ccccc1[NH+]=C(O)OCCN1CCCCC1. The quantitative estimate of drug-likeness (QED) is 0.332. The zero-order chi connectivity index (χ0) is 19.2. The van der Waals surface area contributed by atoms with Crippen LogP contribution in [0.25, 0.3) is 0 Å². The molecule has 0 aliphatic carbocycles. The number of hydrogen-bond donors (Lipinski definition) is 2. The van der Waals surface area contributed by atoms with Crippen LogP contribution in [0.5, 0.6) is 5.75 Å². The van der Waals surface area contributed by atoms with Crippen molar-refractivity contribution in [2.45, 2.75) is 64.7 Å². The Labute approximate surface area is 164 Å². The topological polar surface area (TPSA) is 55.9 Å². The number of nitrogens with zero attached hydrogens (tertiary/aromatic N) is 1. The number of aliphatic hydroxyl groups excluding tert-OH is 1. The molecule has 1 aliphatic heterocycles. The molecule has 0 atom stereocenters. The highest BCUT2D eigenvalue weighted by atomic mass is 16.6. The minimum absolute atomic E-state index is 0.164. The van der Waals surface area contributed by atoms with Gasteiger partial charge < -0.3 is 14.6 Å². The van der Waals surface area contributed by atoms with Gasteiger partial charge >= 0.3 is 6.08 Å². The molecule has 1 fully saturated rings. The second kappa shape index (κ2) is 13.4. The fourth-order valence-electron chi connectivity index (χ4n) is 3.37. The van der Waals surface area contributed by atoms with E-state index in [2.05, 4.69) is 16.8 Å². The van der Waals surface area contributed by atoms with Gasteiger partial charge in [0.2, 0.25) is 0 Å². The summed E-state index contributed by atoms with van der Waals surface area (Å²) in [6.45, 7) is 6.53. The lowest BCUT2D eigenvalue weighted by molar-refractivity contribution is -0.383. The summed E-state index contributed by atoms with van der Waals surface area (Å²) in [5.41, 5.74) is 0.735. The van der Waals surface area contributed by atoms with Gasteiger partial charge in [0.05, 0.1) is 6.61 Å². The molecule has 0 bridgehead atoms. The van der Waals surface area contributed by atoms with Crippen molar-refractivity contribution in [3.63, 3.8) is 0 Å². The van der Waals surface area contributed by atoms with Crippen LogP contribution in [-0.4, -0.2) is 48.9 Å². The number of para-hydroxylation sites is 2. The number of hydrogen-bond acceptors (Lipinski definition) is 3. The third-order valence-electron chi connectivity index (χ3n) is 4.98. The van der Waals surface area contributed by atoms with Crippen LogP contribution in [0.15, 0.2) is 24.3 Å². The molecule has 152 valence electrons. The predicted molar refractivity (Wildman–Crippen MR) is 110 cm³/mol. The van der Waals surface area contributed by atoms with E-state index in [1.807, 2.05) is 24.3 Å². The lowest BCUT2D eigenvalue weighted by Gasteiger charge is -2.25. The fraction of sp³-hybridized carbons (Fsp3) is 0.682. The van der Waals surface area contributed by atoms with E-state index in [1.54, 1.807) is 0 Å². The first kappa shape index (κ1) is 21.5. The Kier molecular flexibility index (Phi) is 10.7. The molecule has 2 rings (SSSR count). The average molecular weight is 378 g/mol. The number of ether oxygens (including phenoxy) is 2. The molecule has 1 saturated heterocycles. The Morgan fingerprint density at radius 2 is 1.74 bits per heavy atom. The molecule has 0 aromatic heterocycles. The van der Waals surface area contributed by atoms with Crippen molar-refractivity contribution in [3.05, 3.63) is 24.3 Å². The molecule has 1 aliphatic rings. The summed E-state index contributed by atoms with van der Waals surface area (Å²) in [7, 11) is 0. The smallest absolute Gasteiger partial charge is 0.487 e. The van der Waals surface area contributed by atoms with E-state index >= 15 is 0 Å². The van der Waals surface area contributed by atoms with Gasteiger partial charge in [-0.3, -0.25) is 4.90 Å². The van der Waals surface area contributed by atoms with Gasteiger partial charge in [0.15, 0.2) is 5.75 Å². The molecule has 5 heteroatoms. The number of piperidine rings is 1. The van der Waals surface area contributed by atoms with Gasteiger partial charge in [0.1, 0.15) is 6.61 Å². The first-order chi connectivity index (χ1) is 13.3. The van der Waals surface area contributed by atoms with E-state index in [0.29, 0.717) is 13.2 Å². The van der Waals surface area contributed by atoms with E-state index in [1.165, 1.54) is 51.4 Å². The lowest BCUT2D eigenvalue weighted by atomic mass is 10.1. The van der Waals surface area contributed by atoms with Crippen LogP contribution in [-0.2, 0) is 4.74 Å². The molecule has 0 amide bonds. The van der Waals surface area contributed by atoms with Crippen LogP contribution >= 0.6 is 0 Å². The first-order valence-corrected chi connectivity index (χ1v) is 10.7. The van der Waals surface area contributed by atoms with Crippen LogP contribution in [0.1, 0.15) is 64.7 Å². The highest BCUT2D eigenvalue weighted by Gasteiger charge is 2.14. The summed E-state index contributed by atoms with van der Waals surface area (Å²) >= 11 is 0. The molecule has 0 radical (unpaired) electrons. The summed E-state index contributed by atoms with van der Waals surface area (Å²) < 4.78 is 11.3. The van der Waals surface area contributed by atoms with E-state index < -0.39 is 0 Å². The minimum atomic E-state index is -0.164. The Bertz CT molecular complexity index is 542. The second-order valence-corrected chi connectivity index (χ2v) is 7.29. The highest BCUT2D eigenvalue weighted by molar-refractivity contribution is 5.60. The van der Waals surface area contributed by atoms with Crippen molar-refractivity contribution in [1.29, 1.82) is 0 Å². The lowest BCUT2D eigenvalue weighted by Crippen LogP contribution is -2.67. The Balaban J connectivity index is 1.71. The second-order valence-electron chi connectivity index (χ2n) is 7.29. The highest BCUT2D eigenvalue weighted by Crippen LogP contribution is 2.19. The fourth-order valence-corrected chi connectivity index (χ4v) is 3.37. The molecular formula is C22H37N2O3+. The first-order valence-electron chi connectivity index (χ1n) is 10.7. The molecule has 0 spiro atoms. The zero-order valence-corrected chi connectivity index (χ0v) is 16.9. The molecule has 1 aromatic carbocycles. The molecule has 27 heavy (non-hydrogen) atoms. The number of unbranched alkanes of at least 4 members (excludes halogenated alkanes) is 5. The van der Waals surface area contributed by atoms with Crippen molar-refractivity contribution in [1.82, 2.24) is 4.90 Å². The van der Waals surface area contributed by atoms with Gasteiger partial charge in [-0.1, -0.05) is 57.6 Å². The van der Waals surface area contributed by atoms with Crippen molar-refractivity contribution < 1.29 is 19.6 Å². The summed E-state index contributed by atoms with van der Waals surface area (Å²) in [5, 5.41) is 10.1. The van der Waals surface area contributed by atoms with Crippen LogP contribution < -0.4 is 9.73 Å². The van der Waals surface area contributed by atoms with Crippen LogP contribution in [0.3, 0.4) is 0 Å². The maximum absolute atomic E-state index is 10.1. The zero-order valence-electron chi connectivity index (χ0n) is 16.9. The van der Waals surface area contributed by atoms with Crippen LogP contribution in [0, 0.1) is 0 Å². The van der Waals surface area contributed by atoms with Crippen molar-refractivity contribution in [3.8, 4) is 5.75 Å². The van der Waals surface area contributed by atoms with E-state index in [4.69, 9.17) is 9.47 Å². The Morgan fingerprint density at radius 3 is 2.56 bits per heavy atom. The maximum Gasteiger partial charge on any atom is 0.551 e. The number of aliphatic hydroxyl groups is 1. The largest absolute Gasteiger partial charge is 0.551 e. The predicted octanol–water partition coefficient (Wildman–Crippen LogP) is 3.55. The molecule has 0 saturated carbocycles. The van der Waals surface area contributed by atoms with Crippen molar-refractivity contribution >= 4 is 11.8 Å². The van der Waals surface area contributed by atoms with Gasteiger partial charge in [-0.2, -0.15) is 0 Å². The van der Waals surface area contributed by atoms with Gasteiger partial charge in [-0.05, 0) is 38.4 Å². The van der Waals surface area contributed by atoms with E-state index in [9.17, 15) is 5.11 Å². The Morgan fingerprint density at radius 1 is 1.00 bits per heavy atom. The van der Waals surface area contributed by atoms with Crippen molar-refractivity contribution in [2.24, 2.45) is 0 Å². The number of rotatable bonds is 12. The number of likely N-dealkylation sites (tertiary alicyclic amines) is 1. The summed E-state index contributed by atoms with van der Waals surface area (Å²) in [6.07, 6.45) is 11.1. The van der Waals surface area contributed by atoms with E-state index in [0.717, 1.165) is 37.5 Å². The number of benzene rings is 1. The number of nitrogens with one attached hydrogen (secondary N) is 1. The van der Waals surface area contributed by atoms with Gasteiger partial charge in [-0.15, -0.1) is 4.99 Å². The summed E-state index contributed by atoms with van der Waals surface area (Å²) in [5.74, 6) is 0.747. The molecule has 1 aromatic rings. The monoisotopic (exact) mass is 377 g/mol. The van der Waals surface area contributed by atoms with Gasteiger partial charge in [-0.25, -0.2) is 0 Å². The summed E-state index contributed by atoms with van der Waals surface area (Å²) in [6, 6.07) is 7.66. The molecule has 0 unspecified atom stereocenters. The van der Waals surface area contributed by atoms with Gasteiger partial charge in [0.25, 0.3) is 5.69 Å². The van der Waals surface area contributed by atoms with Crippen LogP contribution in [0.4, 0.5) is 5.69 Å². The minimum Gasteiger partial charge on any atom is -0.487 e. The Hall–Kier alpha value is -1.75.